The molecule has 1 aliphatic heterocycles. The van der Waals surface area contributed by atoms with Crippen LogP contribution in [0, 0.1) is 12.8 Å². The van der Waals surface area contributed by atoms with Crippen molar-refractivity contribution in [1.29, 1.82) is 0 Å². The number of hydrogen-bond donors (Lipinski definition) is 1. The number of benzene rings is 2. The van der Waals surface area contributed by atoms with E-state index in [-0.39, 0.29) is 17.9 Å². The average Bonchev–Trinajstić information content (AvgIpc) is 3.33. The Kier molecular flexibility index (Phi) is 6.49. The predicted octanol–water partition coefficient (Wildman–Crippen LogP) is 4.78. The molecule has 0 radical (unpaired) electrons. The van der Waals surface area contributed by atoms with Gasteiger partial charge in [-0.2, -0.15) is 0 Å². The number of carbonyl (C=O) groups is 1. The Hall–Kier alpha value is -3.74. The maximum atomic E-state index is 13.2. The van der Waals surface area contributed by atoms with Crippen LogP contribution in [0.25, 0.3) is 16.7 Å². The highest BCUT2D eigenvalue weighted by molar-refractivity contribution is 5.87. The van der Waals surface area contributed by atoms with Crippen molar-refractivity contribution in [2.75, 3.05) is 18.0 Å². The van der Waals surface area contributed by atoms with Crippen molar-refractivity contribution >= 4 is 22.8 Å². The lowest BCUT2D eigenvalue weighted by molar-refractivity contribution is -0.125. The van der Waals surface area contributed by atoms with Gasteiger partial charge in [-0.15, -0.1) is 5.10 Å². The number of nitrogens with one attached hydrogen (secondary N) is 1. The van der Waals surface area contributed by atoms with Crippen LogP contribution >= 0.6 is 0 Å². The largest absolute Gasteiger partial charge is 0.355 e. The number of aryl methyl sites for hydroxylation is 2. The molecule has 1 fully saturated rings. The number of carbonyl (C=O) groups excluding carboxylic acids is 1. The summed E-state index contributed by atoms with van der Waals surface area (Å²) in [7, 11) is 0. The van der Waals surface area contributed by atoms with Crippen molar-refractivity contribution in [1.82, 2.24) is 25.1 Å². The molecule has 0 saturated carbocycles. The fourth-order valence-electron chi connectivity index (χ4n) is 4.75. The molecule has 2 aromatic heterocycles. The zero-order valence-electron chi connectivity index (χ0n) is 20.6. The van der Waals surface area contributed by atoms with Crippen LogP contribution in [-0.4, -0.2) is 38.7 Å². The first kappa shape index (κ1) is 23.0. The van der Waals surface area contributed by atoms with Crippen LogP contribution < -0.4 is 10.2 Å². The second-order valence-corrected chi connectivity index (χ2v) is 9.45. The van der Waals surface area contributed by atoms with Gasteiger partial charge in [0, 0.05) is 19.3 Å². The molecule has 0 spiro atoms. The number of aromatic nitrogens is 4. The van der Waals surface area contributed by atoms with Gasteiger partial charge >= 0.3 is 0 Å². The van der Waals surface area contributed by atoms with Gasteiger partial charge in [0.25, 0.3) is 0 Å². The van der Waals surface area contributed by atoms with Crippen LogP contribution in [0.15, 0.2) is 61.1 Å². The summed E-state index contributed by atoms with van der Waals surface area (Å²) in [5.41, 5.74) is 5.28. The molecule has 4 aromatic rings. The van der Waals surface area contributed by atoms with Crippen LogP contribution in [0.3, 0.4) is 0 Å². The van der Waals surface area contributed by atoms with Crippen molar-refractivity contribution < 1.29 is 4.79 Å². The molecule has 0 bridgehead atoms. The lowest BCUT2D eigenvalue weighted by Crippen LogP contribution is -2.44. The van der Waals surface area contributed by atoms with Gasteiger partial charge in [-0.25, -0.2) is 14.6 Å². The van der Waals surface area contributed by atoms with E-state index >= 15 is 0 Å². The summed E-state index contributed by atoms with van der Waals surface area (Å²) in [6.45, 7) is 7.76. The number of piperidine rings is 1. The number of anilines is 1. The first-order chi connectivity index (χ1) is 17.0. The molecule has 0 aliphatic carbocycles. The van der Waals surface area contributed by atoms with E-state index in [0.717, 1.165) is 48.3 Å². The van der Waals surface area contributed by atoms with E-state index in [4.69, 9.17) is 0 Å². The molecule has 0 unspecified atom stereocenters. The van der Waals surface area contributed by atoms with Crippen molar-refractivity contribution in [2.24, 2.45) is 5.92 Å². The van der Waals surface area contributed by atoms with E-state index in [1.807, 2.05) is 29.9 Å². The third-order valence-corrected chi connectivity index (χ3v) is 6.93. The molecule has 5 rings (SSSR count). The van der Waals surface area contributed by atoms with Gasteiger partial charge in [0.15, 0.2) is 5.65 Å². The molecular formula is C28H32N6O. The average molecular weight is 469 g/mol. The minimum Gasteiger partial charge on any atom is -0.355 e. The summed E-state index contributed by atoms with van der Waals surface area (Å²) < 4.78 is 1.85. The molecule has 1 saturated heterocycles. The summed E-state index contributed by atoms with van der Waals surface area (Å²) in [6, 6.07) is 16.7. The Morgan fingerprint density at radius 2 is 1.89 bits per heavy atom. The Labute approximate surface area is 206 Å². The summed E-state index contributed by atoms with van der Waals surface area (Å²) in [5.74, 6) is 0.856. The molecule has 180 valence electrons. The van der Waals surface area contributed by atoms with Crippen LogP contribution in [-0.2, 0) is 11.2 Å². The van der Waals surface area contributed by atoms with E-state index < -0.39 is 0 Å². The minimum absolute atomic E-state index is 0.0257. The van der Waals surface area contributed by atoms with E-state index in [1.54, 1.807) is 6.33 Å². The second-order valence-electron chi connectivity index (χ2n) is 9.45. The SMILES string of the molecule is CCc1ccc([C@H](C)NC(=O)[C@H]2CCCN(c3ncnc4nn(-c5ccc(C)cc5)cc34)C2)cc1. The standard InChI is InChI=1S/C28H32N6O/c1-4-21-9-11-22(12-10-21)20(3)31-28(35)23-6-5-15-33(16-23)27-25-17-34(32-26(25)29-18-30-27)24-13-7-19(2)8-14-24/h7-14,17-18,20,23H,4-6,15-16H2,1-3H3,(H,31,35)/t20-,23-/m0/s1. The fraction of sp³-hybridized carbons (Fsp3) is 0.357. The monoisotopic (exact) mass is 468 g/mol. The Morgan fingerprint density at radius 1 is 1.11 bits per heavy atom. The molecule has 3 heterocycles. The molecule has 2 atom stereocenters. The molecule has 7 nitrogen and oxygen atoms in total. The number of amides is 1. The number of fused-ring (bicyclic) bond motifs is 1. The van der Waals surface area contributed by atoms with Crippen LogP contribution in [0.2, 0.25) is 0 Å². The third-order valence-electron chi connectivity index (χ3n) is 6.93. The third kappa shape index (κ3) is 4.90. The first-order valence-electron chi connectivity index (χ1n) is 12.4. The summed E-state index contributed by atoms with van der Waals surface area (Å²) in [4.78, 5) is 24.4. The molecule has 1 aliphatic rings. The maximum Gasteiger partial charge on any atom is 0.225 e. The number of nitrogens with zero attached hydrogens (tertiary/aromatic N) is 5. The van der Waals surface area contributed by atoms with Gasteiger partial charge in [0.05, 0.1) is 23.0 Å². The number of hydrogen-bond acceptors (Lipinski definition) is 5. The first-order valence-corrected chi connectivity index (χ1v) is 12.4. The normalized spacial score (nSPS) is 16.9. The second kappa shape index (κ2) is 9.86. The summed E-state index contributed by atoms with van der Waals surface area (Å²) >= 11 is 0. The van der Waals surface area contributed by atoms with Crippen LogP contribution in [0.5, 0.6) is 0 Å². The zero-order chi connectivity index (χ0) is 24.4. The van der Waals surface area contributed by atoms with Crippen molar-refractivity contribution in [3.8, 4) is 5.69 Å². The van der Waals surface area contributed by atoms with Crippen molar-refractivity contribution in [2.45, 2.75) is 46.1 Å². The molecule has 1 N–H and O–H groups in total. The molecular weight excluding hydrogens is 436 g/mol. The summed E-state index contributed by atoms with van der Waals surface area (Å²) in [5, 5.41) is 8.80. The smallest absolute Gasteiger partial charge is 0.225 e. The lowest BCUT2D eigenvalue weighted by Gasteiger charge is -2.33. The maximum absolute atomic E-state index is 13.2. The van der Waals surface area contributed by atoms with Gasteiger partial charge in [-0.3, -0.25) is 4.79 Å². The van der Waals surface area contributed by atoms with Gasteiger partial charge < -0.3 is 10.2 Å². The highest BCUT2D eigenvalue weighted by Crippen LogP contribution is 2.28. The van der Waals surface area contributed by atoms with Gasteiger partial charge in [-0.1, -0.05) is 48.9 Å². The predicted molar refractivity (Wildman–Crippen MR) is 139 cm³/mol. The van der Waals surface area contributed by atoms with E-state index in [0.29, 0.717) is 12.2 Å². The highest BCUT2D eigenvalue weighted by Gasteiger charge is 2.29. The van der Waals surface area contributed by atoms with Crippen LogP contribution in [0.4, 0.5) is 5.82 Å². The highest BCUT2D eigenvalue weighted by atomic mass is 16.2. The molecule has 7 heteroatoms. The van der Waals surface area contributed by atoms with Crippen molar-refractivity contribution in [3.63, 3.8) is 0 Å². The Morgan fingerprint density at radius 3 is 2.63 bits per heavy atom. The van der Waals surface area contributed by atoms with Gasteiger partial charge in [0.2, 0.25) is 5.91 Å². The quantitative estimate of drug-likeness (QED) is 0.441. The molecule has 2 aromatic carbocycles. The Bertz CT molecular complexity index is 1310. The fourth-order valence-corrected chi connectivity index (χ4v) is 4.75. The minimum atomic E-state index is -0.0849. The van der Waals surface area contributed by atoms with Crippen LogP contribution in [0.1, 0.15) is 49.4 Å². The topological polar surface area (TPSA) is 75.9 Å². The Balaban J connectivity index is 1.32. The zero-order valence-corrected chi connectivity index (χ0v) is 20.6. The summed E-state index contributed by atoms with van der Waals surface area (Å²) in [6.07, 6.45) is 6.38. The van der Waals surface area contributed by atoms with E-state index in [1.165, 1.54) is 11.1 Å². The van der Waals surface area contributed by atoms with E-state index in [9.17, 15) is 4.79 Å². The van der Waals surface area contributed by atoms with Crippen molar-refractivity contribution in [3.05, 3.63) is 77.7 Å². The molecule has 1 amide bonds. The lowest BCUT2D eigenvalue weighted by atomic mass is 9.96. The van der Waals surface area contributed by atoms with E-state index in [2.05, 4.69) is 75.5 Å². The number of rotatable bonds is 6. The van der Waals surface area contributed by atoms with Gasteiger partial charge in [-0.05, 0) is 56.4 Å². The molecule has 35 heavy (non-hydrogen) atoms. The van der Waals surface area contributed by atoms with Gasteiger partial charge in [0.1, 0.15) is 12.1 Å².